The maximum Gasteiger partial charge on any atom is 0.233 e. The number of rotatable bonds is 0. The lowest BCUT2D eigenvalue weighted by Gasteiger charge is -2.53. The van der Waals surface area contributed by atoms with Crippen molar-refractivity contribution in [2.24, 2.45) is 5.92 Å². The Hall–Kier alpha value is -0.440. The second-order valence-electron chi connectivity index (χ2n) is 4.73. The molecule has 0 aromatic heterocycles. The Morgan fingerprint density at radius 1 is 1.36 bits per heavy atom. The van der Waals surface area contributed by atoms with Gasteiger partial charge in [0.25, 0.3) is 0 Å². The largest absolute Gasteiger partial charge is 0.303 e. The van der Waals surface area contributed by atoms with Crippen LogP contribution in [0.15, 0.2) is 11.3 Å². The molecule has 0 aliphatic carbocycles. The summed E-state index contributed by atoms with van der Waals surface area (Å²) in [6.45, 7) is 10.7. The summed E-state index contributed by atoms with van der Waals surface area (Å²) in [6, 6.07) is 0. The maximum atomic E-state index is 11.6. The van der Waals surface area contributed by atoms with Crippen molar-refractivity contribution >= 4 is 17.7 Å². The van der Waals surface area contributed by atoms with Crippen molar-refractivity contribution < 1.29 is 4.79 Å². The molecule has 78 valence electrons. The van der Waals surface area contributed by atoms with E-state index in [0.29, 0.717) is 5.37 Å². The smallest absolute Gasteiger partial charge is 0.233 e. The number of hydrogen-bond acceptors (Lipinski definition) is 2. The van der Waals surface area contributed by atoms with E-state index < -0.39 is 0 Å². The van der Waals surface area contributed by atoms with Gasteiger partial charge in [-0.3, -0.25) is 4.79 Å². The predicted octanol–water partition coefficient (Wildman–Crippen LogP) is 2.61. The lowest BCUT2D eigenvalue weighted by molar-refractivity contribution is -0.145. The summed E-state index contributed by atoms with van der Waals surface area (Å²) in [7, 11) is 0. The summed E-state index contributed by atoms with van der Waals surface area (Å²) < 4.78 is 0.181. The van der Waals surface area contributed by atoms with Gasteiger partial charge in [0.15, 0.2) is 0 Å². The Bertz CT molecular complexity index is 332. The average molecular weight is 211 g/mol. The molecule has 1 saturated heterocycles. The van der Waals surface area contributed by atoms with Crippen molar-refractivity contribution in [1.29, 1.82) is 0 Å². The van der Waals surface area contributed by atoms with Gasteiger partial charge >= 0.3 is 0 Å². The first-order chi connectivity index (χ1) is 6.36. The van der Waals surface area contributed by atoms with Crippen LogP contribution in [-0.4, -0.2) is 20.9 Å². The zero-order valence-corrected chi connectivity index (χ0v) is 10.2. The highest BCUT2D eigenvalue weighted by molar-refractivity contribution is 8.01. The van der Waals surface area contributed by atoms with Gasteiger partial charge < -0.3 is 4.90 Å². The molecule has 0 spiro atoms. The third-order valence-corrected chi connectivity index (χ3v) is 5.29. The second kappa shape index (κ2) is 2.78. The van der Waals surface area contributed by atoms with Crippen molar-refractivity contribution in [2.45, 2.75) is 44.7 Å². The first kappa shape index (κ1) is 10.1. The quantitative estimate of drug-likeness (QED) is 0.574. The summed E-state index contributed by atoms with van der Waals surface area (Å²) in [5.41, 5.74) is 2.50. The van der Waals surface area contributed by atoms with Crippen molar-refractivity contribution in [3.05, 3.63) is 11.3 Å². The van der Waals surface area contributed by atoms with Crippen LogP contribution in [0, 0.1) is 5.92 Å². The van der Waals surface area contributed by atoms with Crippen LogP contribution in [0.4, 0.5) is 0 Å². The van der Waals surface area contributed by atoms with Gasteiger partial charge in [-0.15, -0.1) is 11.8 Å². The van der Waals surface area contributed by atoms with E-state index in [0.717, 1.165) is 0 Å². The van der Waals surface area contributed by atoms with Crippen molar-refractivity contribution in [3.8, 4) is 0 Å². The van der Waals surface area contributed by atoms with Gasteiger partial charge in [-0.2, -0.15) is 0 Å². The number of hydrogen-bond donors (Lipinski definition) is 0. The monoisotopic (exact) mass is 211 g/mol. The van der Waals surface area contributed by atoms with Gasteiger partial charge in [-0.05, 0) is 33.3 Å². The van der Waals surface area contributed by atoms with Crippen LogP contribution in [0.5, 0.6) is 0 Å². The minimum atomic E-state index is 0.181. The molecule has 2 heterocycles. The molecule has 2 atom stereocenters. The van der Waals surface area contributed by atoms with E-state index in [1.807, 2.05) is 23.6 Å². The maximum absolute atomic E-state index is 11.6. The highest BCUT2D eigenvalue weighted by Crippen LogP contribution is 2.51. The van der Waals surface area contributed by atoms with Gasteiger partial charge in [-0.1, -0.05) is 6.92 Å². The van der Waals surface area contributed by atoms with Crippen molar-refractivity contribution in [1.82, 2.24) is 4.90 Å². The van der Waals surface area contributed by atoms with Gasteiger partial charge in [0, 0.05) is 10.4 Å². The Kier molecular flexibility index (Phi) is 2.01. The summed E-state index contributed by atoms with van der Waals surface area (Å²) >= 11 is 1.91. The topological polar surface area (TPSA) is 20.3 Å². The van der Waals surface area contributed by atoms with Crippen LogP contribution in [0.1, 0.15) is 34.6 Å². The lowest BCUT2D eigenvalue weighted by atomic mass is 9.94. The minimum absolute atomic E-state index is 0.181. The number of amides is 1. The van der Waals surface area contributed by atoms with Crippen molar-refractivity contribution in [3.63, 3.8) is 0 Å². The molecular formula is C11H17NOS. The molecule has 2 nitrogen and oxygen atoms in total. The molecule has 2 unspecified atom stereocenters. The summed E-state index contributed by atoms with van der Waals surface area (Å²) in [4.78, 5) is 13.6. The fourth-order valence-electron chi connectivity index (χ4n) is 2.13. The number of carbonyl (C=O) groups excluding carboxylic acids is 1. The fraction of sp³-hybridized carbons (Fsp3) is 0.727. The van der Waals surface area contributed by atoms with E-state index in [2.05, 4.69) is 27.7 Å². The van der Waals surface area contributed by atoms with Crippen LogP contribution < -0.4 is 0 Å². The molecule has 0 aromatic carbocycles. The van der Waals surface area contributed by atoms with E-state index in [9.17, 15) is 4.79 Å². The van der Waals surface area contributed by atoms with E-state index in [4.69, 9.17) is 0 Å². The Morgan fingerprint density at radius 3 is 2.50 bits per heavy atom. The average Bonchev–Trinajstić information content (AvgIpc) is 2.13. The number of allylic oxidation sites excluding steroid dienone is 1. The number of nitrogens with zero attached hydrogens (tertiary/aromatic N) is 1. The molecule has 3 heteroatoms. The van der Waals surface area contributed by atoms with Crippen LogP contribution in [-0.2, 0) is 4.79 Å². The molecule has 14 heavy (non-hydrogen) atoms. The number of thioether (sulfide) groups is 1. The molecule has 1 amide bonds. The Morgan fingerprint density at radius 2 is 1.93 bits per heavy atom. The molecule has 2 rings (SSSR count). The SMILES string of the molecule is CC1=C(C)C(C)(C)SC2C(C)C(=O)N12. The number of fused-ring (bicyclic) bond motifs is 1. The van der Waals surface area contributed by atoms with E-state index in [1.54, 1.807) is 0 Å². The zero-order valence-electron chi connectivity index (χ0n) is 9.42. The Balaban J connectivity index is 2.40. The highest BCUT2D eigenvalue weighted by atomic mass is 32.2. The molecule has 0 saturated carbocycles. The molecule has 1 fully saturated rings. The van der Waals surface area contributed by atoms with Gasteiger partial charge in [0.2, 0.25) is 5.91 Å². The Labute approximate surface area is 89.7 Å². The standard InChI is InChI=1S/C11H17NOS/c1-6-9(13)12-8(3)7(2)11(4,5)14-10(6)12/h6,10H,1-5H3. The van der Waals surface area contributed by atoms with Gasteiger partial charge in [0.05, 0.1) is 11.3 Å². The van der Waals surface area contributed by atoms with E-state index in [-0.39, 0.29) is 16.6 Å². The van der Waals surface area contributed by atoms with Crippen LogP contribution in [0.2, 0.25) is 0 Å². The van der Waals surface area contributed by atoms with Gasteiger partial charge in [0.1, 0.15) is 0 Å². The molecule has 2 aliphatic rings. The van der Waals surface area contributed by atoms with Gasteiger partial charge in [-0.25, -0.2) is 0 Å². The first-order valence-corrected chi connectivity index (χ1v) is 5.93. The molecule has 0 N–H and O–H groups in total. The van der Waals surface area contributed by atoms with E-state index in [1.165, 1.54) is 11.3 Å². The van der Waals surface area contributed by atoms with E-state index >= 15 is 0 Å². The number of β-lactam (4-membered cyclic amide) rings is 1. The molecular weight excluding hydrogens is 194 g/mol. The molecule has 0 bridgehead atoms. The normalized spacial score (nSPS) is 35.5. The molecule has 0 radical (unpaired) electrons. The van der Waals surface area contributed by atoms with Crippen LogP contribution >= 0.6 is 11.8 Å². The highest BCUT2D eigenvalue weighted by Gasteiger charge is 2.51. The summed E-state index contributed by atoms with van der Waals surface area (Å²) in [6.07, 6.45) is 0. The summed E-state index contributed by atoms with van der Waals surface area (Å²) in [5, 5.41) is 0.376. The molecule has 2 aliphatic heterocycles. The van der Waals surface area contributed by atoms with Crippen LogP contribution in [0.3, 0.4) is 0 Å². The zero-order chi connectivity index (χ0) is 10.7. The predicted molar refractivity (Wildman–Crippen MR) is 59.8 cm³/mol. The van der Waals surface area contributed by atoms with Crippen molar-refractivity contribution in [2.75, 3.05) is 0 Å². The lowest BCUT2D eigenvalue weighted by Crippen LogP contribution is -2.60. The third kappa shape index (κ3) is 1.08. The summed E-state index contributed by atoms with van der Waals surface area (Å²) in [5.74, 6) is 0.483. The fourth-order valence-corrected chi connectivity index (χ4v) is 3.74. The molecule has 0 aromatic rings. The van der Waals surface area contributed by atoms with Crippen LogP contribution in [0.25, 0.3) is 0 Å². The number of carbonyl (C=O) groups is 1. The second-order valence-corrected chi connectivity index (χ2v) is 6.47. The minimum Gasteiger partial charge on any atom is -0.303 e. The first-order valence-electron chi connectivity index (χ1n) is 5.05. The third-order valence-electron chi connectivity index (χ3n) is 3.53.